The van der Waals surface area contributed by atoms with E-state index in [4.69, 9.17) is 11.6 Å². The molecular formula is C18H25ClN2O. The molecule has 2 fully saturated rings. The van der Waals surface area contributed by atoms with Crippen molar-refractivity contribution in [2.24, 2.45) is 11.3 Å². The predicted molar refractivity (Wildman–Crippen MR) is 89.8 cm³/mol. The van der Waals surface area contributed by atoms with Gasteiger partial charge in [-0.1, -0.05) is 37.6 Å². The number of carbonyl (C=O) groups is 1. The Labute approximate surface area is 138 Å². The highest BCUT2D eigenvalue weighted by Crippen LogP contribution is 2.41. The maximum atomic E-state index is 12.0. The lowest BCUT2D eigenvalue weighted by Gasteiger charge is -2.54. The number of hydrogen-bond acceptors (Lipinski definition) is 2. The fraction of sp³-hybridized carbons (Fsp3) is 0.611. The maximum Gasteiger partial charge on any atom is 0.225 e. The number of carbonyl (C=O) groups excluding carboxylic acids is 1. The Morgan fingerprint density at radius 3 is 2.32 bits per heavy atom. The zero-order valence-electron chi connectivity index (χ0n) is 13.5. The molecule has 0 radical (unpaired) electrons. The van der Waals surface area contributed by atoms with Gasteiger partial charge in [0.1, 0.15) is 0 Å². The van der Waals surface area contributed by atoms with Crippen LogP contribution in [0.5, 0.6) is 0 Å². The van der Waals surface area contributed by atoms with Gasteiger partial charge in [0.2, 0.25) is 5.91 Å². The fourth-order valence-corrected chi connectivity index (χ4v) is 3.76. The van der Waals surface area contributed by atoms with Crippen LogP contribution in [0.4, 0.5) is 0 Å². The lowest BCUT2D eigenvalue weighted by molar-refractivity contribution is -0.150. The minimum absolute atomic E-state index is 0.127. The van der Waals surface area contributed by atoms with Crippen molar-refractivity contribution in [3.63, 3.8) is 0 Å². The molecule has 2 aliphatic heterocycles. The molecule has 0 aliphatic carbocycles. The maximum absolute atomic E-state index is 12.0. The molecule has 4 heteroatoms. The van der Waals surface area contributed by atoms with Gasteiger partial charge in [-0.2, -0.15) is 0 Å². The molecule has 3 nitrogen and oxygen atoms in total. The minimum atomic E-state index is 0.127. The third-order valence-corrected chi connectivity index (χ3v) is 5.35. The van der Waals surface area contributed by atoms with Crippen molar-refractivity contribution in [2.75, 3.05) is 26.2 Å². The molecule has 2 saturated heterocycles. The van der Waals surface area contributed by atoms with Gasteiger partial charge < -0.3 is 4.90 Å². The smallest absolute Gasteiger partial charge is 0.225 e. The number of likely N-dealkylation sites (tertiary alicyclic amines) is 2. The summed E-state index contributed by atoms with van der Waals surface area (Å²) >= 11 is 5.93. The van der Waals surface area contributed by atoms with Crippen molar-refractivity contribution in [1.82, 2.24) is 9.80 Å². The number of piperidine rings is 1. The molecule has 0 unspecified atom stereocenters. The van der Waals surface area contributed by atoms with E-state index in [1.807, 2.05) is 30.9 Å². The van der Waals surface area contributed by atoms with Crippen LogP contribution >= 0.6 is 11.6 Å². The van der Waals surface area contributed by atoms with Gasteiger partial charge in [-0.05, 0) is 43.6 Å². The van der Waals surface area contributed by atoms with E-state index in [0.29, 0.717) is 11.3 Å². The SMILES string of the molecule is CC(C)C(=O)N1CC2(CCN(Cc3ccc(Cl)cc3)CC2)C1. The Bertz CT molecular complexity index is 525. The van der Waals surface area contributed by atoms with Crippen LogP contribution in [0.3, 0.4) is 0 Å². The van der Waals surface area contributed by atoms with Crippen LogP contribution in [-0.2, 0) is 11.3 Å². The number of amides is 1. The first kappa shape index (κ1) is 15.8. The van der Waals surface area contributed by atoms with Gasteiger partial charge in [-0.25, -0.2) is 0 Å². The first-order valence-electron chi connectivity index (χ1n) is 8.23. The fourth-order valence-electron chi connectivity index (χ4n) is 3.63. The Hall–Kier alpha value is -1.06. The lowest BCUT2D eigenvalue weighted by atomic mass is 9.71. The normalized spacial score (nSPS) is 21.2. The average molecular weight is 321 g/mol. The third kappa shape index (κ3) is 3.31. The zero-order chi connectivity index (χ0) is 15.7. The van der Waals surface area contributed by atoms with Gasteiger partial charge >= 0.3 is 0 Å². The van der Waals surface area contributed by atoms with E-state index in [1.54, 1.807) is 0 Å². The van der Waals surface area contributed by atoms with Crippen LogP contribution in [0.15, 0.2) is 24.3 Å². The van der Waals surface area contributed by atoms with Crippen molar-refractivity contribution in [1.29, 1.82) is 0 Å². The summed E-state index contributed by atoms with van der Waals surface area (Å²) in [6.45, 7) is 9.18. The number of rotatable bonds is 3. The van der Waals surface area contributed by atoms with E-state index in [-0.39, 0.29) is 5.92 Å². The Morgan fingerprint density at radius 1 is 1.18 bits per heavy atom. The quantitative estimate of drug-likeness (QED) is 0.852. The molecule has 120 valence electrons. The monoisotopic (exact) mass is 320 g/mol. The van der Waals surface area contributed by atoms with Crippen LogP contribution in [0, 0.1) is 11.3 Å². The second-order valence-electron chi connectivity index (χ2n) is 7.25. The Kier molecular flexibility index (Phi) is 4.47. The predicted octanol–water partition coefficient (Wildman–Crippen LogP) is 3.42. The van der Waals surface area contributed by atoms with Gasteiger partial charge in [0, 0.05) is 36.0 Å². The largest absolute Gasteiger partial charge is 0.341 e. The van der Waals surface area contributed by atoms with E-state index < -0.39 is 0 Å². The number of nitrogens with zero attached hydrogens (tertiary/aromatic N) is 2. The number of halogens is 1. The molecule has 22 heavy (non-hydrogen) atoms. The van der Waals surface area contributed by atoms with Crippen molar-refractivity contribution >= 4 is 17.5 Å². The van der Waals surface area contributed by atoms with Crippen LogP contribution < -0.4 is 0 Å². The lowest BCUT2D eigenvalue weighted by Crippen LogP contribution is -2.62. The summed E-state index contributed by atoms with van der Waals surface area (Å²) < 4.78 is 0. The molecular weight excluding hydrogens is 296 g/mol. The summed E-state index contributed by atoms with van der Waals surface area (Å²) in [4.78, 5) is 16.5. The summed E-state index contributed by atoms with van der Waals surface area (Å²) in [5, 5.41) is 0.797. The summed E-state index contributed by atoms with van der Waals surface area (Å²) in [7, 11) is 0. The molecule has 0 N–H and O–H groups in total. The molecule has 3 rings (SSSR count). The Balaban J connectivity index is 1.47. The van der Waals surface area contributed by atoms with E-state index in [0.717, 1.165) is 37.7 Å². The topological polar surface area (TPSA) is 23.6 Å². The molecule has 1 amide bonds. The standard InChI is InChI=1S/C18H25ClN2O/c1-14(2)17(22)21-12-18(13-21)7-9-20(10-8-18)11-15-3-5-16(19)6-4-15/h3-6,14H,7-13H2,1-2H3. The van der Waals surface area contributed by atoms with Gasteiger partial charge in [0.15, 0.2) is 0 Å². The highest BCUT2D eigenvalue weighted by atomic mass is 35.5. The van der Waals surface area contributed by atoms with Gasteiger partial charge in [-0.3, -0.25) is 9.69 Å². The molecule has 0 bridgehead atoms. The minimum Gasteiger partial charge on any atom is -0.341 e. The molecule has 2 aliphatic rings. The van der Waals surface area contributed by atoms with Gasteiger partial charge in [0.25, 0.3) is 0 Å². The number of hydrogen-bond donors (Lipinski definition) is 0. The Morgan fingerprint density at radius 2 is 1.77 bits per heavy atom. The van der Waals surface area contributed by atoms with E-state index in [9.17, 15) is 4.79 Å². The van der Waals surface area contributed by atoms with Crippen LogP contribution in [0.1, 0.15) is 32.3 Å². The molecule has 0 aromatic heterocycles. The van der Waals surface area contributed by atoms with Gasteiger partial charge in [0.05, 0.1) is 0 Å². The number of benzene rings is 1. The first-order valence-corrected chi connectivity index (χ1v) is 8.61. The van der Waals surface area contributed by atoms with Gasteiger partial charge in [-0.15, -0.1) is 0 Å². The molecule has 1 aromatic carbocycles. The molecule has 1 spiro atoms. The molecule has 2 heterocycles. The van der Waals surface area contributed by atoms with E-state index in [2.05, 4.69) is 17.0 Å². The highest BCUT2D eigenvalue weighted by Gasteiger charge is 2.46. The summed E-state index contributed by atoms with van der Waals surface area (Å²) in [6, 6.07) is 8.14. The third-order valence-electron chi connectivity index (χ3n) is 5.09. The van der Waals surface area contributed by atoms with Crippen molar-refractivity contribution in [3.8, 4) is 0 Å². The van der Waals surface area contributed by atoms with Crippen molar-refractivity contribution in [2.45, 2.75) is 33.2 Å². The average Bonchev–Trinajstić information content (AvgIpc) is 2.47. The second kappa shape index (κ2) is 6.21. The zero-order valence-corrected chi connectivity index (χ0v) is 14.3. The van der Waals surface area contributed by atoms with Crippen LogP contribution in [0.25, 0.3) is 0 Å². The molecule has 0 atom stereocenters. The molecule has 1 aromatic rings. The summed E-state index contributed by atoms with van der Waals surface area (Å²) in [6.07, 6.45) is 2.42. The van der Waals surface area contributed by atoms with E-state index in [1.165, 1.54) is 18.4 Å². The molecule has 0 saturated carbocycles. The summed E-state index contributed by atoms with van der Waals surface area (Å²) in [5.41, 5.74) is 1.73. The van der Waals surface area contributed by atoms with Crippen molar-refractivity contribution in [3.05, 3.63) is 34.9 Å². The van der Waals surface area contributed by atoms with Crippen LogP contribution in [0.2, 0.25) is 5.02 Å². The highest BCUT2D eigenvalue weighted by molar-refractivity contribution is 6.30. The van der Waals surface area contributed by atoms with E-state index >= 15 is 0 Å². The van der Waals surface area contributed by atoms with Crippen LogP contribution in [-0.4, -0.2) is 41.9 Å². The van der Waals surface area contributed by atoms with Crippen molar-refractivity contribution < 1.29 is 4.79 Å². The summed E-state index contributed by atoms with van der Waals surface area (Å²) in [5.74, 6) is 0.441. The second-order valence-corrected chi connectivity index (χ2v) is 7.69. The first-order chi connectivity index (χ1) is 10.5.